The molecule has 138 valence electrons. The number of aliphatic carboxylic acids is 1. The summed E-state index contributed by atoms with van der Waals surface area (Å²) in [5.41, 5.74) is 0.308. The van der Waals surface area contributed by atoms with Gasteiger partial charge in [0.25, 0.3) is 0 Å². The second-order valence-electron chi connectivity index (χ2n) is 7.05. The molecule has 1 aromatic carbocycles. The molecule has 26 heavy (non-hydrogen) atoms. The van der Waals surface area contributed by atoms with E-state index in [4.69, 9.17) is 9.84 Å². The van der Waals surface area contributed by atoms with Gasteiger partial charge in [-0.2, -0.15) is 0 Å². The molecule has 1 aliphatic carbocycles. The van der Waals surface area contributed by atoms with Crippen molar-refractivity contribution < 1.29 is 29.0 Å². The molecule has 1 heterocycles. The molecule has 1 aromatic rings. The van der Waals surface area contributed by atoms with Gasteiger partial charge in [0.05, 0.1) is 18.5 Å². The maximum absolute atomic E-state index is 12.5. The highest BCUT2D eigenvalue weighted by Gasteiger charge is 2.45. The van der Waals surface area contributed by atoms with Crippen LogP contribution in [0, 0.1) is 5.41 Å². The quantitative estimate of drug-likeness (QED) is 0.493. The summed E-state index contributed by atoms with van der Waals surface area (Å²) in [6.45, 7) is 0. The Morgan fingerprint density at radius 1 is 1.00 bits per heavy atom. The van der Waals surface area contributed by atoms with Crippen LogP contribution < -0.4 is 9.64 Å². The predicted octanol–water partition coefficient (Wildman–Crippen LogP) is 2.67. The van der Waals surface area contributed by atoms with E-state index < -0.39 is 11.9 Å². The van der Waals surface area contributed by atoms with Crippen LogP contribution in [0.5, 0.6) is 5.75 Å². The molecule has 1 N–H and O–H groups in total. The maximum atomic E-state index is 12.5. The molecule has 1 aliphatic heterocycles. The fraction of sp³-hybridized carbons (Fsp3) is 0.474. The van der Waals surface area contributed by atoms with Gasteiger partial charge in [-0.05, 0) is 42.5 Å². The molecule has 0 bridgehead atoms. The second-order valence-corrected chi connectivity index (χ2v) is 7.05. The second kappa shape index (κ2) is 7.27. The standard InChI is InChI=1S/C19H21NO6/c21-15-11-19(9-1-2-10-19)12-16(22)20(15)13-3-5-14(6-4-13)26-18(25)8-7-17(23)24/h3-6H,1-2,7-12H2,(H,23,24). The molecule has 1 saturated carbocycles. The number of nitrogens with zero attached hydrogens (tertiary/aromatic N) is 1. The van der Waals surface area contributed by atoms with Gasteiger partial charge < -0.3 is 9.84 Å². The van der Waals surface area contributed by atoms with Crippen LogP contribution in [0.3, 0.4) is 0 Å². The van der Waals surface area contributed by atoms with Gasteiger partial charge in [0.1, 0.15) is 5.75 Å². The molecule has 2 fully saturated rings. The van der Waals surface area contributed by atoms with E-state index in [9.17, 15) is 19.2 Å². The third kappa shape index (κ3) is 3.92. The van der Waals surface area contributed by atoms with Gasteiger partial charge in [0.2, 0.25) is 11.8 Å². The molecular formula is C19H21NO6. The minimum Gasteiger partial charge on any atom is -0.481 e. The summed E-state index contributed by atoms with van der Waals surface area (Å²) in [6.07, 6.45) is 4.28. The largest absolute Gasteiger partial charge is 0.481 e. The lowest BCUT2D eigenvalue weighted by atomic mass is 9.76. The van der Waals surface area contributed by atoms with E-state index in [-0.39, 0.29) is 35.8 Å². The van der Waals surface area contributed by atoms with Gasteiger partial charge in [-0.25, -0.2) is 0 Å². The third-order valence-corrected chi connectivity index (χ3v) is 5.09. The number of benzene rings is 1. The number of esters is 1. The molecule has 7 nitrogen and oxygen atoms in total. The summed E-state index contributed by atoms with van der Waals surface area (Å²) in [5, 5.41) is 8.56. The average Bonchev–Trinajstić information content (AvgIpc) is 3.01. The maximum Gasteiger partial charge on any atom is 0.311 e. The van der Waals surface area contributed by atoms with E-state index in [1.807, 2.05) is 0 Å². The first kappa shape index (κ1) is 18.1. The van der Waals surface area contributed by atoms with E-state index in [0.717, 1.165) is 25.7 Å². The zero-order valence-corrected chi connectivity index (χ0v) is 14.4. The molecule has 1 spiro atoms. The van der Waals surface area contributed by atoms with Crippen molar-refractivity contribution in [1.82, 2.24) is 0 Å². The first-order chi connectivity index (χ1) is 12.4. The fourth-order valence-electron chi connectivity index (χ4n) is 3.82. The molecule has 2 amide bonds. The number of carbonyl (C=O) groups excluding carboxylic acids is 3. The van der Waals surface area contributed by atoms with E-state index in [1.165, 1.54) is 17.0 Å². The van der Waals surface area contributed by atoms with Gasteiger partial charge in [-0.1, -0.05) is 12.8 Å². The number of anilines is 1. The highest BCUT2D eigenvalue weighted by molar-refractivity contribution is 6.17. The lowest BCUT2D eigenvalue weighted by molar-refractivity contribution is -0.142. The summed E-state index contributed by atoms with van der Waals surface area (Å²) in [7, 11) is 0. The normalized spacial score (nSPS) is 19.0. The van der Waals surface area contributed by atoms with E-state index in [1.54, 1.807) is 12.1 Å². The minimum absolute atomic E-state index is 0.149. The number of amides is 2. The Labute approximate surface area is 150 Å². The molecule has 1 saturated heterocycles. The van der Waals surface area contributed by atoms with Crippen molar-refractivity contribution in [2.75, 3.05) is 4.90 Å². The van der Waals surface area contributed by atoms with E-state index >= 15 is 0 Å². The highest BCUT2D eigenvalue weighted by atomic mass is 16.5. The van der Waals surface area contributed by atoms with Crippen molar-refractivity contribution in [3.05, 3.63) is 24.3 Å². The number of imide groups is 1. The SMILES string of the molecule is O=C(O)CCC(=O)Oc1ccc(N2C(=O)CC3(CCCC3)CC2=O)cc1. The zero-order chi connectivity index (χ0) is 18.7. The minimum atomic E-state index is -1.07. The number of carboxylic acids is 1. The summed E-state index contributed by atoms with van der Waals surface area (Å²) in [4.78, 5) is 48.3. The molecule has 0 atom stereocenters. The van der Waals surface area contributed by atoms with Crippen LogP contribution in [0.25, 0.3) is 0 Å². The summed E-state index contributed by atoms with van der Waals surface area (Å²) in [6, 6.07) is 6.10. The Hall–Kier alpha value is -2.70. The van der Waals surface area contributed by atoms with Gasteiger partial charge in [0, 0.05) is 12.8 Å². The van der Waals surface area contributed by atoms with E-state index in [2.05, 4.69) is 0 Å². The third-order valence-electron chi connectivity index (χ3n) is 5.09. The Morgan fingerprint density at radius 3 is 2.12 bits per heavy atom. The van der Waals surface area contributed by atoms with Crippen molar-refractivity contribution in [2.24, 2.45) is 5.41 Å². The molecule has 2 aliphatic rings. The van der Waals surface area contributed by atoms with Crippen LogP contribution >= 0.6 is 0 Å². The van der Waals surface area contributed by atoms with Crippen LogP contribution in [-0.4, -0.2) is 28.9 Å². The van der Waals surface area contributed by atoms with Crippen molar-refractivity contribution in [3.8, 4) is 5.75 Å². The van der Waals surface area contributed by atoms with Gasteiger partial charge in [-0.3, -0.25) is 24.1 Å². The number of rotatable bonds is 5. The highest BCUT2D eigenvalue weighted by Crippen LogP contribution is 2.47. The molecule has 0 aromatic heterocycles. The Balaban J connectivity index is 1.65. The van der Waals surface area contributed by atoms with Crippen LogP contribution in [0.15, 0.2) is 24.3 Å². The number of hydrogen-bond donors (Lipinski definition) is 1. The Bertz CT molecular complexity index is 713. The molecule has 3 rings (SSSR count). The van der Waals surface area contributed by atoms with Gasteiger partial charge >= 0.3 is 11.9 Å². The molecule has 7 heteroatoms. The number of carboxylic acid groups (broad SMARTS) is 1. The lowest BCUT2D eigenvalue weighted by Crippen LogP contribution is -2.47. The molecule has 0 radical (unpaired) electrons. The Morgan fingerprint density at radius 2 is 1.58 bits per heavy atom. The monoisotopic (exact) mass is 359 g/mol. The molecular weight excluding hydrogens is 338 g/mol. The van der Waals surface area contributed by atoms with Crippen molar-refractivity contribution in [3.63, 3.8) is 0 Å². The first-order valence-electron chi connectivity index (χ1n) is 8.77. The van der Waals surface area contributed by atoms with Crippen LogP contribution in [0.1, 0.15) is 51.4 Å². The van der Waals surface area contributed by atoms with Crippen LogP contribution in [-0.2, 0) is 19.2 Å². The van der Waals surface area contributed by atoms with Crippen LogP contribution in [0.2, 0.25) is 0 Å². The number of piperidine rings is 1. The average molecular weight is 359 g/mol. The smallest absolute Gasteiger partial charge is 0.311 e. The number of hydrogen-bond acceptors (Lipinski definition) is 5. The predicted molar refractivity (Wildman–Crippen MR) is 91.6 cm³/mol. The van der Waals surface area contributed by atoms with Gasteiger partial charge in [0.15, 0.2) is 0 Å². The van der Waals surface area contributed by atoms with E-state index in [0.29, 0.717) is 18.5 Å². The number of carbonyl (C=O) groups is 4. The summed E-state index contributed by atoms with van der Waals surface area (Å²) in [5.74, 6) is -1.84. The number of ether oxygens (including phenoxy) is 1. The fourth-order valence-corrected chi connectivity index (χ4v) is 3.82. The Kier molecular flexibility index (Phi) is 5.06. The van der Waals surface area contributed by atoms with Gasteiger partial charge in [-0.15, -0.1) is 0 Å². The zero-order valence-electron chi connectivity index (χ0n) is 14.4. The van der Waals surface area contributed by atoms with Crippen molar-refractivity contribution in [2.45, 2.75) is 51.4 Å². The van der Waals surface area contributed by atoms with Crippen LogP contribution in [0.4, 0.5) is 5.69 Å². The molecule has 0 unspecified atom stereocenters. The summed E-state index contributed by atoms with van der Waals surface area (Å²) < 4.78 is 5.05. The lowest BCUT2D eigenvalue weighted by Gasteiger charge is -2.37. The topological polar surface area (TPSA) is 101 Å². The first-order valence-corrected chi connectivity index (χ1v) is 8.77. The summed E-state index contributed by atoms with van der Waals surface area (Å²) >= 11 is 0. The van der Waals surface area contributed by atoms with Crippen molar-refractivity contribution in [1.29, 1.82) is 0 Å². The van der Waals surface area contributed by atoms with Crippen molar-refractivity contribution >= 4 is 29.4 Å².